The molecule has 2 aromatic rings. The summed E-state index contributed by atoms with van der Waals surface area (Å²) in [7, 11) is 1.71. The van der Waals surface area contributed by atoms with Gasteiger partial charge in [0.05, 0.1) is 12.3 Å². The van der Waals surface area contributed by atoms with Crippen LogP contribution in [0.3, 0.4) is 0 Å². The fourth-order valence-electron chi connectivity index (χ4n) is 4.41. The topological polar surface area (TPSA) is 58.6 Å². The van der Waals surface area contributed by atoms with E-state index in [-0.39, 0.29) is 5.92 Å². The Labute approximate surface area is 179 Å². The minimum absolute atomic E-state index is 0.267. The SMILES string of the molecule is COCc1nc(C)nc(N2CCN(C(=O)C3CCC3)CC2)c1Cc1cccc(C)c1. The Morgan fingerprint density at radius 1 is 1.13 bits per heavy atom. The second-order valence-electron chi connectivity index (χ2n) is 8.56. The molecule has 4 rings (SSSR count). The lowest BCUT2D eigenvalue weighted by atomic mass is 9.84. The minimum atomic E-state index is 0.267. The molecule has 1 saturated heterocycles. The molecule has 2 aliphatic rings. The fourth-order valence-corrected chi connectivity index (χ4v) is 4.41. The van der Waals surface area contributed by atoms with Crippen LogP contribution in [-0.2, 0) is 22.6 Å². The van der Waals surface area contributed by atoms with Crippen LogP contribution in [0.25, 0.3) is 0 Å². The van der Waals surface area contributed by atoms with Gasteiger partial charge in [-0.2, -0.15) is 0 Å². The van der Waals surface area contributed by atoms with Crippen LogP contribution in [0, 0.1) is 19.8 Å². The number of hydrogen-bond acceptors (Lipinski definition) is 5. The normalized spacial score (nSPS) is 17.2. The summed E-state index contributed by atoms with van der Waals surface area (Å²) >= 11 is 0. The summed E-state index contributed by atoms with van der Waals surface area (Å²) in [5.41, 5.74) is 4.58. The molecular weight excluding hydrogens is 376 g/mol. The molecule has 1 aliphatic carbocycles. The first-order chi connectivity index (χ1) is 14.5. The van der Waals surface area contributed by atoms with E-state index in [1.807, 2.05) is 11.8 Å². The van der Waals surface area contributed by atoms with Gasteiger partial charge < -0.3 is 14.5 Å². The van der Waals surface area contributed by atoms with Crippen molar-refractivity contribution in [3.63, 3.8) is 0 Å². The van der Waals surface area contributed by atoms with E-state index in [9.17, 15) is 4.79 Å². The van der Waals surface area contributed by atoms with Gasteiger partial charge in [0.2, 0.25) is 5.91 Å². The zero-order valence-electron chi connectivity index (χ0n) is 18.4. The van der Waals surface area contributed by atoms with Crippen LogP contribution < -0.4 is 4.90 Å². The Hall–Kier alpha value is -2.47. The number of benzene rings is 1. The quantitative estimate of drug-likeness (QED) is 0.734. The van der Waals surface area contributed by atoms with Gasteiger partial charge >= 0.3 is 0 Å². The third-order valence-corrected chi connectivity index (χ3v) is 6.27. The predicted molar refractivity (Wildman–Crippen MR) is 118 cm³/mol. The molecular formula is C24H32N4O2. The maximum Gasteiger partial charge on any atom is 0.225 e. The number of ether oxygens (including phenoxy) is 1. The number of aromatic nitrogens is 2. The van der Waals surface area contributed by atoms with Crippen molar-refractivity contribution in [2.24, 2.45) is 5.92 Å². The van der Waals surface area contributed by atoms with E-state index in [2.05, 4.69) is 36.1 Å². The summed E-state index contributed by atoms with van der Waals surface area (Å²) in [6, 6.07) is 8.59. The largest absolute Gasteiger partial charge is 0.378 e. The fraction of sp³-hybridized carbons (Fsp3) is 0.542. The van der Waals surface area contributed by atoms with Crippen molar-refractivity contribution in [3.05, 3.63) is 52.5 Å². The second-order valence-corrected chi connectivity index (χ2v) is 8.56. The van der Waals surface area contributed by atoms with Crippen LogP contribution in [0.5, 0.6) is 0 Å². The van der Waals surface area contributed by atoms with Gasteiger partial charge in [-0.05, 0) is 32.3 Å². The highest BCUT2D eigenvalue weighted by atomic mass is 16.5. The molecule has 0 bridgehead atoms. The third kappa shape index (κ3) is 4.48. The van der Waals surface area contributed by atoms with Crippen molar-refractivity contribution >= 4 is 11.7 Å². The second kappa shape index (κ2) is 9.13. The Morgan fingerprint density at radius 2 is 1.90 bits per heavy atom. The number of nitrogens with zero attached hydrogens (tertiary/aromatic N) is 4. The Kier molecular flexibility index (Phi) is 6.32. The number of piperazine rings is 1. The molecule has 0 radical (unpaired) electrons. The van der Waals surface area contributed by atoms with Crippen molar-refractivity contribution in [2.75, 3.05) is 38.2 Å². The predicted octanol–water partition coefficient (Wildman–Crippen LogP) is 3.28. The van der Waals surface area contributed by atoms with E-state index in [0.29, 0.717) is 12.5 Å². The summed E-state index contributed by atoms with van der Waals surface area (Å²) < 4.78 is 5.46. The maximum atomic E-state index is 12.6. The van der Waals surface area contributed by atoms with E-state index in [4.69, 9.17) is 14.7 Å². The number of methoxy groups -OCH3 is 1. The molecule has 1 amide bonds. The first-order valence-corrected chi connectivity index (χ1v) is 11.0. The zero-order chi connectivity index (χ0) is 21.1. The molecule has 1 aliphatic heterocycles. The lowest BCUT2D eigenvalue weighted by molar-refractivity contribution is -0.138. The molecule has 0 spiro atoms. The monoisotopic (exact) mass is 408 g/mol. The molecule has 0 N–H and O–H groups in total. The molecule has 2 fully saturated rings. The molecule has 160 valence electrons. The number of anilines is 1. The lowest BCUT2D eigenvalue weighted by Gasteiger charge is -2.39. The standard InChI is InChI=1S/C24H32N4O2/c1-17-6-4-7-19(14-17)15-21-22(16-30-3)25-18(2)26-23(21)27-10-12-28(13-11-27)24(29)20-8-5-9-20/h4,6-7,14,20H,5,8-13,15-16H2,1-3H3. The van der Waals surface area contributed by atoms with Crippen molar-refractivity contribution < 1.29 is 9.53 Å². The van der Waals surface area contributed by atoms with E-state index in [1.165, 1.54) is 17.5 Å². The highest BCUT2D eigenvalue weighted by molar-refractivity contribution is 5.80. The van der Waals surface area contributed by atoms with Crippen LogP contribution in [0.2, 0.25) is 0 Å². The average Bonchev–Trinajstić information content (AvgIpc) is 2.69. The van der Waals surface area contributed by atoms with Crippen LogP contribution >= 0.6 is 0 Å². The molecule has 1 aromatic heterocycles. The van der Waals surface area contributed by atoms with E-state index >= 15 is 0 Å². The van der Waals surface area contributed by atoms with E-state index in [1.54, 1.807) is 7.11 Å². The molecule has 0 unspecified atom stereocenters. The number of hydrogen-bond donors (Lipinski definition) is 0. The Balaban J connectivity index is 1.58. The van der Waals surface area contributed by atoms with Crippen molar-refractivity contribution in [1.29, 1.82) is 0 Å². The van der Waals surface area contributed by atoms with Crippen LogP contribution in [0.15, 0.2) is 24.3 Å². The first-order valence-electron chi connectivity index (χ1n) is 11.0. The van der Waals surface area contributed by atoms with Gasteiger partial charge in [-0.15, -0.1) is 0 Å². The molecule has 6 heteroatoms. The Morgan fingerprint density at radius 3 is 2.53 bits per heavy atom. The lowest BCUT2D eigenvalue weighted by Crippen LogP contribution is -2.51. The van der Waals surface area contributed by atoms with Gasteiger partial charge in [0.25, 0.3) is 0 Å². The molecule has 1 saturated carbocycles. The molecule has 6 nitrogen and oxygen atoms in total. The van der Waals surface area contributed by atoms with Crippen LogP contribution in [0.4, 0.5) is 5.82 Å². The summed E-state index contributed by atoms with van der Waals surface area (Å²) in [6.07, 6.45) is 4.09. The third-order valence-electron chi connectivity index (χ3n) is 6.27. The van der Waals surface area contributed by atoms with Crippen molar-refractivity contribution in [2.45, 2.75) is 46.1 Å². The van der Waals surface area contributed by atoms with Gasteiger partial charge in [-0.3, -0.25) is 4.79 Å². The first kappa shape index (κ1) is 20.8. The molecule has 30 heavy (non-hydrogen) atoms. The summed E-state index contributed by atoms with van der Waals surface area (Å²) in [5, 5.41) is 0. The van der Waals surface area contributed by atoms with Gasteiger partial charge in [0, 0.05) is 51.2 Å². The van der Waals surface area contributed by atoms with Crippen LogP contribution in [0.1, 0.15) is 47.5 Å². The molecule has 2 heterocycles. The van der Waals surface area contributed by atoms with Crippen molar-refractivity contribution in [1.82, 2.24) is 14.9 Å². The molecule has 0 atom stereocenters. The number of aryl methyl sites for hydroxylation is 2. The number of amides is 1. The zero-order valence-corrected chi connectivity index (χ0v) is 18.4. The summed E-state index contributed by atoms with van der Waals surface area (Å²) in [4.78, 5) is 26.5. The number of carbonyl (C=O) groups excluding carboxylic acids is 1. The Bertz CT molecular complexity index is 902. The number of carbonyl (C=O) groups is 1. The van der Waals surface area contributed by atoms with E-state index in [0.717, 1.165) is 68.3 Å². The van der Waals surface area contributed by atoms with Crippen molar-refractivity contribution in [3.8, 4) is 0 Å². The summed E-state index contributed by atoms with van der Waals surface area (Å²) in [6.45, 7) is 7.67. The minimum Gasteiger partial charge on any atom is -0.378 e. The summed E-state index contributed by atoms with van der Waals surface area (Å²) in [5.74, 6) is 2.37. The van der Waals surface area contributed by atoms with Gasteiger partial charge in [0.1, 0.15) is 11.6 Å². The average molecular weight is 409 g/mol. The highest BCUT2D eigenvalue weighted by Gasteiger charge is 2.32. The van der Waals surface area contributed by atoms with E-state index < -0.39 is 0 Å². The van der Waals surface area contributed by atoms with Gasteiger partial charge in [0.15, 0.2) is 0 Å². The maximum absolute atomic E-state index is 12.6. The smallest absolute Gasteiger partial charge is 0.225 e. The van der Waals surface area contributed by atoms with Crippen LogP contribution in [-0.4, -0.2) is 54.1 Å². The highest BCUT2D eigenvalue weighted by Crippen LogP contribution is 2.30. The van der Waals surface area contributed by atoms with Gasteiger partial charge in [-0.25, -0.2) is 9.97 Å². The molecule has 1 aromatic carbocycles. The number of rotatable bonds is 6. The van der Waals surface area contributed by atoms with Gasteiger partial charge in [-0.1, -0.05) is 36.2 Å².